The van der Waals surface area contributed by atoms with Crippen LogP contribution in [0, 0.1) is 5.92 Å². The normalized spacial score (nSPS) is 12.2. The summed E-state index contributed by atoms with van der Waals surface area (Å²) in [5.74, 6) is -0.981. The van der Waals surface area contributed by atoms with Crippen LogP contribution in [0.25, 0.3) is 0 Å². The van der Waals surface area contributed by atoms with Crippen LogP contribution in [0.3, 0.4) is 0 Å². The van der Waals surface area contributed by atoms with Gasteiger partial charge in [0, 0.05) is 6.92 Å². The first-order chi connectivity index (χ1) is 6.61. The van der Waals surface area contributed by atoms with Gasteiger partial charge in [0.15, 0.2) is 0 Å². The van der Waals surface area contributed by atoms with Gasteiger partial charge in [-0.3, -0.25) is 9.59 Å². The van der Waals surface area contributed by atoms with Crippen LogP contribution in [0.15, 0.2) is 0 Å². The van der Waals surface area contributed by atoms with Crippen LogP contribution in [-0.2, 0) is 14.3 Å². The molecule has 0 saturated heterocycles. The van der Waals surface area contributed by atoms with Gasteiger partial charge < -0.3 is 4.74 Å². The number of unbranched alkanes of at least 4 members (excludes halogenated alkanes) is 2. The molecule has 0 heterocycles. The van der Waals surface area contributed by atoms with Gasteiger partial charge in [-0.25, -0.2) is 0 Å². The lowest BCUT2D eigenvalue weighted by atomic mass is 9.99. The Bertz CT molecular complexity index is 187. The fraction of sp³-hybridized carbons (Fsp3) is 0.818. The van der Waals surface area contributed by atoms with Gasteiger partial charge in [-0.05, 0) is 12.8 Å². The zero-order chi connectivity index (χ0) is 11.0. The molecule has 0 N–H and O–H groups in total. The highest BCUT2D eigenvalue weighted by molar-refractivity contribution is 5.85. The molecule has 0 bridgehead atoms. The van der Waals surface area contributed by atoms with Crippen molar-refractivity contribution in [1.29, 1.82) is 0 Å². The lowest BCUT2D eigenvalue weighted by Gasteiger charge is -2.11. The molecule has 1 atom stereocenters. The van der Waals surface area contributed by atoms with Crippen molar-refractivity contribution in [3.8, 4) is 0 Å². The molecular weight excluding hydrogens is 180 g/mol. The molecule has 0 aromatic heterocycles. The minimum atomic E-state index is -0.510. The van der Waals surface area contributed by atoms with Crippen LogP contribution in [0.5, 0.6) is 0 Å². The predicted octanol–water partition coefficient (Wildman–Crippen LogP) is 2.68. The number of rotatable bonds is 6. The van der Waals surface area contributed by atoms with Crippen LogP contribution in [0.1, 0.15) is 52.9 Å². The molecule has 0 rings (SSSR count). The summed E-state index contributed by atoms with van der Waals surface area (Å²) in [6.45, 7) is 5.32. The van der Waals surface area contributed by atoms with E-state index in [1.807, 2.05) is 6.92 Å². The first-order valence-corrected chi connectivity index (χ1v) is 5.34. The Balaban J connectivity index is 3.86. The Morgan fingerprint density at radius 1 is 1.21 bits per heavy atom. The summed E-state index contributed by atoms with van der Waals surface area (Å²) in [6, 6.07) is 0. The van der Waals surface area contributed by atoms with Gasteiger partial charge in [-0.1, -0.05) is 33.1 Å². The quantitative estimate of drug-likeness (QED) is 0.376. The maximum atomic E-state index is 11.3. The van der Waals surface area contributed by atoms with E-state index in [-0.39, 0.29) is 11.9 Å². The van der Waals surface area contributed by atoms with Crippen molar-refractivity contribution in [3.05, 3.63) is 0 Å². The molecule has 3 nitrogen and oxygen atoms in total. The Labute approximate surface area is 85.8 Å². The predicted molar refractivity (Wildman–Crippen MR) is 54.7 cm³/mol. The summed E-state index contributed by atoms with van der Waals surface area (Å²) in [5.41, 5.74) is 0. The molecule has 0 radical (unpaired) electrons. The molecule has 0 aliphatic rings. The van der Waals surface area contributed by atoms with E-state index >= 15 is 0 Å². The molecular formula is C11H20O3. The molecule has 0 saturated carbocycles. The van der Waals surface area contributed by atoms with E-state index < -0.39 is 5.97 Å². The smallest absolute Gasteiger partial charge is 0.316 e. The van der Waals surface area contributed by atoms with E-state index in [0.29, 0.717) is 0 Å². The Morgan fingerprint density at radius 3 is 2.29 bits per heavy atom. The van der Waals surface area contributed by atoms with Crippen molar-refractivity contribution in [2.45, 2.75) is 52.9 Å². The van der Waals surface area contributed by atoms with Gasteiger partial charge in [-0.15, -0.1) is 0 Å². The standard InChI is InChI=1S/C11H20O3/c1-4-6-7-8-10(5-2)11(13)14-9(3)12/h10H,4-8H2,1-3H3. The minimum absolute atomic E-state index is 0.106. The summed E-state index contributed by atoms with van der Waals surface area (Å²) in [7, 11) is 0. The third kappa shape index (κ3) is 5.73. The van der Waals surface area contributed by atoms with E-state index in [1.165, 1.54) is 6.92 Å². The van der Waals surface area contributed by atoms with E-state index in [0.717, 1.165) is 32.1 Å². The van der Waals surface area contributed by atoms with Crippen LogP contribution < -0.4 is 0 Å². The summed E-state index contributed by atoms with van der Waals surface area (Å²) in [4.78, 5) is 21.9. The SMILES string of the molecule is CCCCCC(CC)C(=O)OC(C)=O. The topological polar surface area (TPSA) is 43.4 Å². The van der Waals surface area contributed by atoms with Crippen molar-refractivity contribution in [2.75, 3.05) is 0 Å². The lowest BCUT2D eigenvalue weighted by molar-refractivity contribution is -0.161. The van der Waals surface area contributed by atoms with Crippen LogP contribution in [0.4, 0.5) is 0 Å². The maximum absolute atomic E-state index is 11.3. The van der Waals surface area contributed by atoms with Gasteiger partial charge in [0.1, 0.15) is 0 Å². The second kappa shape index (κ2) is 7.54. The van der Waals surface area contributed by atoms with Crippen molar-refractivity contribution in [2.24, 2.45) is 5.92 Å². The molecule has 82 valence electrons. The zero-order valence-electron chi connectivity index (χ0n) is 9.34. The summed E-state index contributed by atoms with van der Waals surface area (Å²) >= 11 is 0. The van der Waals surface area contributed by atoms with Crippen molar-refractivity contribution < 1.29 is 14.3 Å². The molecule has 0 fully saturated rings. The molecule has 0 aliphatic carbocycles. The highest BCUT2D eigenvalue weighted by atomic mass is 16.6. The van der Waals surface area contributed by atoms with Gasteiger partial charge in [0.2, 0.25) is 0 Å². The second-order valence-corrected chi connectivity index (χ2v) is 3.51. The molecule has 1 unspecified atom stereocenters. The van der Waals surface area contributed by atoms with Gasteiger partial charge >= 0.3 is 11.9 Å². The molecule has 0 aromatic rings. The third-order valence-electron chi connectivity index (χ3n) is 2.23. The summed E-state index contributed by atoms with van der Waals surface area (Å²) in [5, 5.41) is 0. The molecule has 14 heavy (non-hydrogen) atoms. The monoisotopic (exact) mass is 200 g/mol. The maximum Gasteiger partial charge on any atom is 0.316 e. The number of hydrogen-bond donors (Lipinski definition) is 0. The number of carbonyl (C=O) groups is 2. The Morgan fingerprint density at radius 2 is 1.86 bits per heavy atom. The fourth-order valence-corrected chi connectivity index (χ4v) is 1.35. The zero-order valence-corrected chi connectivity index (χ0v) is 9.34. The van der Waals surface area contributed by atoms with Crippen LogP contribution in [0.2, 0.25) is 0 Å². The molecule has 3 heteroatoms. The highest BCUT2D eigenvalue weighted by Gasteiger charge is 2.18. The molecule has 0 spiro atoms. The molecule has 0 aromatic carbocycles. The van der Waals surface area contributed by atoms with E-state index in [2.05, 4.69) is 11.7 Å². The second-order valence-electron chi connectivity index (χ2n) is 3.51. The fourth-order valence-electron chi connectivity index (χ4n) is 1.35. The number of esters is 2. The molecule has 0 aliphatic heterocycles. The Hall–Kier alpha value is -0.860. The van der Waals surface area contributed by atoms with Crippen LogP contribution >= 0.6 is 0 Å². The van der Waals surface area contributed by atoms with E-state index in [4.69, 9.17) is 0 Å². The number of carbonyl (C=O) groups excluding carboxylic acids is 2. The Kier molecular flexibility index (Phi) is 7.07. The van der Waals surface area contributed by atoms with Crippen molar-refractivity contribution in [1.82, 2.24) is 0 Å². The van der Waals surface area contributed by atoms with E-state index in [9.17, 15) is 9.59 Å². The van der Waals surface area contributed by atoms with Gasteiger partial charge in [0.25, 0.3) is 0 Å². The highest BCUT2D eigenvalue weighted by Crippen LogP contribution is 2.15. The minimum Gasteiger partial charge on any atom is -0.393 e. The largest absolute Gasteiger partial charge is 0.393 e. The first-order valence-electron chi connectivity index (χ1n) is 5.34. The van der Waals surface area contributed by atoms with E-state index in [1.54, 1.807) is 0 Å². The first kappa shape index (κ1) is 13.1. The van der Waals surface area contributed by atoms with Gasteiger partial charge in [0.05, 0.1) is 5.92 Å². The van der Waals surface area contributed by atoms with Gasteiger partial charge in [-0.2, -0.15) is 0 Å². The number of hydrogen-bond acceptors (Lipinski definition) is 3. The third-order valence-corrected chi connectivity index (χ3v) is 2.23. The van der Waals surface area contributed by atoms with Crippen molar-refractivity contribution in [3.63, 3.8) is 0 Å². The summed E-state index contributed by atoms with van der Waals surface area (Å²) < 4.78 is 4.56. The lowest BCUT2D eigenvalue weighted by Crippen LogP contribution is -2.19. The number of ether oxygens (including phenoxy) is 1. The average Bonchev–Trinajstić information content (AvgIpc) is 2.11. The van der Waals surface area contributed by atoms with Crippen molar-refractivity contribution >= 4 is 11.9 Å². The molecule has 0 amide bonds. The average molecular weight is 200 g/mol. The van der Waals surface area contributed by atoms with Crippen LogP contribution in [-0.4, -0.2) is 11.9 Å². The summed E-state index contributed by atoms with van der Waals surface area (Å²) in [6.07, 6.45) is 4.87.